The van der Waals surface area contributed by atoms with Crippen molar-refractivity contribution < 1.29 is 9.05 Å². The molecule has 0 radical (unpaired) electrons. The summed E-state index contributed by atoms with van der Waals surface area (Å²) in [5.74, 6) is 0.741. The summed E-state index contributed by atoms with van der Waals surface area (Å²) >= 11 is 12.6. The van der Waals surface area contributed by atoms with E-state index in [-0.39, 0.29) is 0 Å². The first-order valence-electron chi connectivity index (χ1n) is 9.19. The predicted octanol–water partition coefficient (Wildman–Crippen LogP) is 6.12. The Kier molecular flexibility index (Phi) is 7.89. The minimum atomic E-state index is -0.826. The van der Waals surface area contributed by atoms with Crippen molar-refractivity contribution in [2.45, 2.75) is 20.3 Å². The highest BCUT2D eigenvalue weighted by atomic mass is 35.5. The molecule has 0 spiro atoms. The summed E-state index contributed by atoms with van der Waals surface area (Å²) in [6.45, 7) is 6.05. The summed E-state index contributed by atoms with van der Waals surface area (Å²) in [6.07, 6.45) is 5.41. The van der Waals surface area contributed by atoms with Crippen LogP contribution in [0.1, 0.15) is 20.3 Å². The summed E-state index contributed by atoms with van der Waals surface area (Å²) in [4.78, 5) is 4.68. The van der Waals surface area contributed by atoms with Gasteiger partial charge < -0.3 is 14.4 Å². The fraction of sp³-hybridized carbons (Fsp3) is 0.368. The molecule has 3 aromatic rings. The second-order valence-electron chi connectivity index (χ2n) is 5.97. The fourth-order valence-corrected chi connectivity index (χ4v) is 4.52. The van der Waals surface area contributed by atoms with Crippen LogP contribution in [-0.2, 0) is 9.05 Å². The number of halogens is 2. The molecule has 3 rings (SSSR count). The number of nitrogens with one attached hydrogen (secondary N) is 2. The molecule has 0 aliphatic rings. The number of anilines is 1. The van der Waals surface area contributed by atoms with Crippen molar-refractivity contribution in [1.82, 2.24) is 15.2 Å². The highest BCUT2D eigenvalue weighted by molar-refractivity contribution is 7.47. The molecule has 0 bridgehead atoms. The number of rotatable bonds is 10. The average Bonchev–Trinajstić information content (AvgIpc) is 3.23. The lowest BCUT2D eigenvalue weighted by molar-refractivity contribution is 0.269. The maximum atomic E-state index is 6.43. The molecule has 0 amide bonds. The van der Waals surface area contributed by atoms with Crippen LogP contribution in [0.4, 0.5) is 5.82 Å². The minimum absolute atomic E-state index is 0.448. The third-order valence-electron chi connectivity index (χ3n) is 4.05. The van der Waals surface area contributed by atoms with Crippen molar-refractivity contribution in [1.29, 1.82) is 0 Å². The Hall–Kier alpha value is -1.43. The number of pyridine rings is 1. The smallest absolute Gasteiger partial charge is 0.170 e. The van der Waals surface area contributed by atoms with Gasteiger partial charge in [0.2, 0.25) is 0 Å². The van der Waals surface area contributed by atoms with E-state index in [1.165, 1.54) is 0 Å². The molecular formula is C19H23Cl2N4O2P. The number of nitrogens with zero attached hydrogens (tertiary/aromatic N) is 2. The molecule has 0 saturated heterocycles. The Bertz CT molecular complexity index is 903. The molecule has 28 heavy (non-hydrogen) atoms. The Labute approximate surface area is 175 Å². The summed E-state index contributed by atoms with van der Waals surface area (Å²) in [5, 5.41) is 12.1. The number of aromatic amines is 1. The van der Waals surface area contributed by atoms with E-state index < -0.39 is 8.38 Å². The first kappa shape index (κ1) is 21.3. The third kappa shape index (κ3) is 5.13. The lowest BCUT2D eigenvalue weighted by Crippen LogP contribution is -2.06. The lowest BCUT2D eigenvalue weighted by Gasteiger charge is -2.16. The molecule has 6 nitrogen and oxygen atoms in total. The van der Waals surface area contributed by atoms with Gasteiger partial charge in [-0.2, -0.15) is 5.10 Å². The molecule has 2 N–H and O–H groups in total. The predicted molar refractivity (Wildman–Crippen MR) is 117 cm³/mol. The van der Waals surface area contributed by atoms with Crippen LogP contribution in [0.2, 0.25) is 10.0 Å². The van der Waals surface area contributed by atoms with Gasteiger partial charge in [0.05, 0.1) is 35.0 Å². The van der Waals surface area contributed by atoms with Crippen molar-refractivity contribution in [3.63, 3.8) is 0 Å². The van der Waals surface area contributed by atoms with Crippen LogP contribution in [0.25, 0.3) is 22.0 Å². The number of benzene rings is 1. The van der Waals surface area contributed by atoms with E-state index in [2.05, 4.69) is 20.5 Å². The molecule has 0 saturated carbocycles. The SMILES string of the molecule is CCOP(CCCNc1cc(-c2cn[nH]c2)c2ccc(Cl)c(Cl)c2n1)OCC. The van der Waals surface area contributed by atoms with Gasteiger partial charge in [0, 0.05) is 29.9 Å². The second-order valence-corrected chi connectivity index (χ2v) is 8.39. The third-order valence-corrected chi connectivity index (χ3v) is 6.62. The number of hydrogen-bond acceptors (Lipinski definition) is 5. The van der Waals surface area contributed by atoms with E-state index in [0.717, 1.165) is 41.5 Å². The Morgan fingerprint density at radius 2 is 1.96 bits per heavy atom. The first-order chi connectivity index (χ1) is 13.6. The molecule has 2 heterocycles. The summed E-state index contributed by atoms with van der Waals surface area (Å²) in [6, 6.07) is 5.72. The van der Waals surface area contributed by atoms with Gasteiger partial charge in [0.25, 0.3) is 0 Å². The van der Waals surface area contributed by atoms with Gasteiger partial charge in [-0.3, -0.25) is 5.10 Å². The topological polar surface area (TPSA) is 72.1 Å². The van der Waals surface area contributed by atoms with Crippen LogP contribution >= 0.6 is 31.6 Å². The Morgan fingerprint density at radius 1 is 1.18 bits per heavy atom. The van der Waals surface area contributed by atoms with Crippen molar-refractivity contribution in [3.05, 3.63) is 40.6 Å². The van der Waals surface area contributed by atoms with E-state index in [1.807, 2.05) is 32.2 Å². The Balaban J connectivity index is 1.79. The summed E-state index contributed by atoms with van der Waals surface area (Å²) in [5.41, 5.74) is 2.62. The maximum Gasteiger partial charge on any atom is 0.170 e. The molecular weight excluding hydrogens is 418 g/mol. The van der Waals surface area contributed by atoms with E-state index in [9.17, 15) is 0 Å². The van der Waals surface area contributed by atoms with Crippen LogP contribution in [0.5, 0.6) is 0 Å². The van der Waals surface area contributed by atoms with Crippen molar-refractivity contribution in [2.24, 2.45) is 0 Å². The molecule has 0 aliphatic heterocycles. The van der Waals surface area contributed by atoms with E-state index in [1.54, 1.807) is 12.3 Å². The number of aromatic nitrogens is 3. The van der Waals surface area contributed by atoms with Gasteiger partial charge >= 0.3 is 0 Å². The molecule has 1 aromatic carbocycles. The molecule has 0 atom stereocenters. The van der Waals surface area contributed by atoms with Crippen LogP contribution in [0, 0.1) is 0 Å². The van der Waals surface area contributed by atoms with Crippen LogP contribution < -0.4 is 5.32 Å². The first-order valence-corrected chi connectivity index (χ1v) is 11.3. The van der Waals surface area contributed by atoms with Gasteiger partial charge in [-0.15, -0.1) is 0 Å². The van der Waals surface area contributed by atoms with Crippen molar-refractivity contribution in [3.8, 4) is 11.1 Å². The maximum absolute atomic E-state index is 6.43. The zero-order chi connectivity index (χ0) is 19.9. The average molecular weight is 441 g/mol. The van der Waals surface area contributed by atoms with Crippen LogP contribution in [0.15, 0.2) is 30.6 Å². The largest absolute Gasteiger partial charge is 0.370 e. The van der Waals surface area contributed by atoms with Gasteiger partial charge in [-0.1, -0.05) is 29.3 Å². The molecule has 2 aromatic heterocycles. The van der Waals surface area contributed by atoms with Gasteiger partial charge in [0.15, 0.2) is 8.38 Å². The number of H-pyrrole nitrogens is 1. The van der Waals surface area contributed by atoms with Crippen LogP contribution in [-0.4, -0.2) is 41.1 Å². The Morgan fingerprint density at radius 3 is 2.64 bits per heavy atom. The molecule has 150 valence electrons. The van der Waals surface area contributed by atoms with Gasteiger partial charge in [0.1, 0.15) is 5.82 Å². The zero-order valence-corrected chi connectivity index (χ0v) is 18.2. The molecule has 0 fully saturated rings. The fourth-order valence-electron chi connectivity index (χ4n) is 2.84. The highest BCUT2D eigenvalue weighted by Crippen LogP contribution is 2.39. The normalized spacial score (nSPS) is 11.5. The van der Waals surface area contributed by atoms with E-state index >= 15 is 0 Å². The quantitative estimate of drug-likeness (QED) is 0.293. The van der Waals surface area contributed by atoms with E-state index in [4.69, 9.17) is 32.2 Å². The lowest BCUT2D eigenvalue weighted by atomic mass is 10.0. The molecule has 9 heteroatoms. The van der Waals surface area contributed by atoms with Gasteiger partial charge in [-0.25, -0.2) is 4.98 Å². The minimum Gasteiger partial charge on any atom is -0.370 e. The zero-order valence-electron chi connectivity index (χ0n) is 15.8. The summed E-state index contributed by atoms with van der Waals surface area (Å²) in [7, 11) is -0.826. The van der Waals surface area contributed by atoms with Crippen molar-refractivity contribution >= 4 is 48.3 Å². The van der Waals surface area contributed by atoms with E-state index in [0.29, 0.717) is 28.8 Å². The highest BCUT2D eigenvalue weighted by Gasteiger charge is 2.14. The molecule has 0 unspecified atom stereocenters. The standard InChI is InChI=1S/C19H23Cl2N4O2P/c1-3-26-28(27-4-2)9-5-8-22-17-10-15(13-11-23-24-12-13)14-6-7-16(20)18(21)19(14)25-17/h6-7,10-12H,3-5,8-9H2,1-2H3,(H,22,25)(H,23,24). The summed E-state index contributed by atoms with van der Waals surface area (Å²) < 4.78 is 11.3. The number of hydrogen-bond donors (Lipinski definition) is 2. The van der Waals surface area contributed by atoms with Gasteiger partial charge in [-0.05, 0) is 38.0 Å². The monoisotopic (exact) mass is 440 g/mol. The second kappa shape index (κ2) is 10.4. The number of fused-ring (bicyclic) bond motifs is 1. The molecule has 0 aliphatic carbocycles. The van der Waals surface area contributed by atoms with Crippen LogP contribution in [0.3, 0.4) is 0 Å². The van der Waals surface area contributed by atoms with Crippen molar-refractivity contribution in [2.75, 3.05) is 31.2 Å².